The lowest BCUT2D eigenvalue weighted by Crippen LogP contribution is -2.26. The van der Waals surface area contributed by atoms with Crippen LogP contribution in [0.25, 0.3) is 10.9 Å². The fourth-order valence-corrected chi connectivity index (χ4v) is 3.08. The van der Waals surface area contributed by atoms with Gasteiger partial charge in [0.25, 0.3) is 5.91 Å². The first kappa shape index (κ1) is 13.8. The highest BCUT2D eigenvalue weighted by Gasteiger charge is 2.15. The van der Waals surface area contributed by atoms with Crippen molar-refractivity contribution in [1.82, 2.24) is 15.3 Å². The molecule has 0 aliphatic rings. The highest BCUT2D eigenvalue weighted by atomic mass is 32.1. The summed E-state index contributed by atoms with van der Waals surface area (Å²) in [6.07, 6.45) is 2.85. The quantitative estimate of drug-likeness (QED) is 0.772. The number of hydrogen-bond donors (Lipinski definition) is 2. The van der Waals surface area contributed by atoms with Crippen LogP contribution < -0.4 is 5.32 Å². The number of aromatic nitrogens is 2. The molecule has 1 atom stereocenters. The third kappa shape index (κ3) is 2.83. The summed E-state index contributed by atoms with van der Waals surface area (Å²) in [5.74, 6) is -0.105. The predicted octanol–water partition coefficient (Wildman–Crippen LogP) is 3.68. The van der Waals surface area contributed by atoms with Gasteiger partial charge in [-0.2, -0.15) is 0 Å². The average molecular weight is 299 g/mol. The highest BCUT2D eigenvalue weighted by molar-refractivity contribution is 7.11. The fraction of sp³-hybridized carbons (Fsp3) is 0.250. The number of aryl methyl sites for hydroxylation is 1. The molecule has 0 aliphatic heterocycles. The molecule has 1 unspecified atom stereocenters. The molecule has 0 radical (unpaired) electrons. The summed E-state index contributed by atoms with van der Waals surface area (Å²) in [4.78, 5) is 21.1. The van der Waals surface area contributed by atoms with E-state index in [0.717, 1.165) is 22.3 Å². The third-order valence-corrected chi connectivity index (χ3v) is 4.74. The van der Waals surface area contributed by atoms with Crippen molar-refractivity contribution in [2.24, 2.45) is 0 Å². The molecular formula is C16H17N3OS. The lowest BCUT2D eigenvalue weighted by Gasteiger charge is -2.10. The van der Waals surface area contributed by atoms with E-state index in [9.17, 15) is 4.79 Å². The second-order valence-electron chi connectivity index (χ2n) is 4.98. The van der Waals surface area contributed by atoms with Gasteiger partial charge < -0.3 is 10.3 Å². The second-order valence-corrected chi connectivity index (χ2v) is 6.13. The molecule has 1 aromatic carbocycles. The maximum Gasteiger partial charge on any atom is 0.268 e. The topological polar surface area (TPSA) is 57.8 Å². The number of aromatic amines is 1. The van der Waals surface area contributed by atoms with E-state index in [4.69, 9.17) is 0 Å². The van der Waals surface area contributed by atoms with Gasteiger partial charge in [-0.1, -0.05) is 25.1 Å². The Hall–Kier alpha value is -2.14. The maximum absolute atomic E-state index is 12.3. The number of nitrogens with one attached hydrogen (secondary N) is 2. The summed E-state index contributed by atoms with van der Waals surface area (Å²) in [5, 5.41) is 4.97. The molecule has 2 aromatic heterocycles. The molecule has 3 rings (SSSR count). The van der Waals surface area contributed by atoms with Gasteiger partial charge in [-0.05, 0) is 25.5 Å². The number of carbonyl (C=O) groups is 1. The van der Waals surface area contributed by atoms with Crippen LogP contribution in [-0.4, -0.2) is 15.9 Å². The number of H-pyrrole nitrogens is 1. The van der Waals surface area contributed by atoms with Crippen LogP contribution in [0.1, 0.15) is 40.3 Å². The summed E-state index contributed by atoms with van der Waals surface area (Å²) in [7, 11) is 0. The molecule has 5 heteroatoms. The minimum Gasteiger partial charge on any atom is -0.351 e. The Morgan fingerprint density at radius 1 is 1.43 bits per heavy atom. The van der Waals surface area contributed by atoms with Crippen LogP contribution in [0.15, 0.2) is 36.5 Å². The van der Waals surface area contributed by atoms with E-state index >= 15 is 0 Å². The number of amides is 1. The van der Waals surface area contributed by atoms with E-state index in [0.29, 0.717) is 5.69 Å². The molecule has 1 amide bonds. The Labute approximate surface area is 127 Å². The standard InChI is InChI=1S/C16H17N3OS/c1-3-12-9-17-16(21-12)10(2)18-15(20)14-8-11-6-4-5-7-13(11)19-14/h4-10,19H,3H2,1-2H3,(H,18,20). The molecule has 21 heavy (non-hydrogen) atoms. The van der Waals surface area contributed by atoms with Gasteiger partial charge in [0.05, 0.1) is 6.04 Å². The van der Waals surface area contributed by atoms with Gasteiger partial charge in [0.15, 0.2) is 0 Å². The molecule has 2 N–H and O–H groups in total. The number of thiazole rings is 1. The Bertz CT molecular complexity index is 742. The summed E-state index contributed by atoms with van der Waals surface area (Å²) >= 11 is 1.65. The molecule has 2 heterocycles. The Morgan fingerprint density at radius 2 is 2.24 bits per heavy atom. The minimum atomic E-state index is -0.105. The molecule has 0 bridgehead atoms. The number of nitrogens with zero attached hydrogens (tertiary/aromatic N) is 1. The number of benzene rings is 1. The summed E-state index contributed by atoms with van der Waals surface area (Å²) in [6, 6.07) is 9.64. The summed E-state index contributed by atoms with van der Waals surface area (Å²) in [5.41, 5.74) is 1.55. The van der Waals surface area contributed by atoms with Crippen molar-refractivity contribution in [3.05, 3.63) is 52.1 Å². The van der Waals surface area contributed by atoms with E-state index < -0.39 is 0 Å². The van der Waals surface area contributed by atoms with Crippen molar-refractivity contribution in [3.8, 4) is 0 Å². The molecule has 0 spiro atoms. The molecule has 108 valence electrons. The van der Waals surface area contributed by atoms with Crippen molar-refractivity contribution in [2.45, 2.75) is 26.3 Å². The first-order valence-electron chi connectivity index (χ1n) is 7.00. The molecule has 3 aromatic rings. The zero-order chi connectivity index (χ0) is 14.8. The molecule has 4 nitrogen and oxygen atoms in total. The SMILES string of the molecule is CCc1cnc(C(C)NC(=O)c2cc3ccccc3[nH]2)s1. The molecule has 0 aliphatic carbocycles. The number of hydrogen-bond acceptors (Lipinski definition) is 3. The van der Waals surface area contributed by atoms with Gasteiger partial charge in [0, 0.05) is 22.0 Å². The largest absolute Gasteiger partial charge is 0.351 e. The van der Waals surface area contributed by atoms with E-state index in [1.807, 2.05) is 43.5 Å². The number of rotatable bonds is 4. The van der Waals surface area contributed by atoms with E-state index in [1.54, 1.807) is 11.3 Å². The lowest BCUT2D eigenvalue weighted by atomic mass is 10.2. The van der Waals surface area contributed by atoms with Crippen LogP contribution in [0.3, 0.4) is 0 Å². The zero-order valence-corrected chi connectivity index (χ0v) is 12.8. The summed E-state index contributed by atoms with van der Waals surface area (Å²) < 4.78 is 0. The van der Waals surface area contributed by atoms with Crippen molar-refractivity contribution in [1.29, 1.82) is 0 Å². The van der Waals surface area contributed by atoms with Crippen molar-refractivity contribution >= 4 is 28.1 Å². The Balaban J connectivity index is 1.75. The van der Waals surface area contributed by atoms with Crippen LogP contribution in [0.5, 0.6) is 0 Å². The number of carbonyl (C=O) groups excluding carboxylic acids is 1. The van der Waals surface area contributed by atoms with Gasteiger partial charge in [0.1, 0.15) is 10.7 Å². The third-order valence-electron chi connectivity index (χ3n) is 3.41. The first-order valence-corrected chi connectivity index (χ1v) is 7.82. The molecule has 0 saturated heterocycles. The average Bonchev–Trinajstić information content (AvgIpc) is 3.13. The Morgan fingerprint density at radius 3 is 2.95 bits per heavy atom. The first-order chi connectivity index (χ1) is 10.2. The van der Waals surface area contributed by atoms with Crippen molar-refractivity contribution in [3.63, 3.8) is 0 Å². The predicted molar refractivity (Wildman–Crippen MR) is 85.7 cm³/mol. The second kappa shape index (κ2) is 5.69. The van der Waals surface area contributed by atoms with E-state index in [1.165, 1.54) is 4.88 Å². The molecule has 0 saturated carbocycles. The van der Waals surface area contributed by atoms with Crippen molar-refractivity contribution in [2.75, 3.05) is 0 Å². The van der Waals surface area contributed by atoms with Crippen LogP contribution in [0.2, 0.25) is 0 Å². The highest BCUT2D eigenvalue weighted by Crippen LogP contribution is 2.21. The van der Waals surface area contributed by atoms with Gasteiger partial charge in [-0.3, -0.25) is 4.79 Å². The monoisotopic (exact) mass is 299 g/mol. The van der Waals surface area contributed by atoms with E-state index in [-0.39, 0.29) is 11.9 Å². The zero-order valence-electron chi connectivity index (χ0n) is 12.0. The smallest absolute Gasteiger partial charge is 0.268 e. The van der Waals surface area contributed by atoms with Crippen LogP contribution in [-0.2, 0) is 6.42 Å². The fourth-order valence-electron chi connectivity index (χ4n) is 2.22. The number of fused-ring (bicyclic) bond motifs is 1. The van der Waals surface area contributed by atoms with E-state index in [2.05, 4.69) is 22.2 Å². The van der Waals surface area contributed by atoms with Gasteiger partial charge in [0.2, 0.25) is 0 Å². The summed E-state index contributed by atoms with van der Waals surface area (Å²) in [6.45, 7) is 4.06. The maximum atomic E-state index is 12.3. The lowest BCUT2D eigenvalue weighted by molar-refractivity contribution is 0.0935. The molecule has 0 fully saturated rings. The Kier molecular flexibility index (Phi) is 3.75. The van der Waals surface area contributed by atoms with Crippen LogP contribution >= 0.6 is 11.3 Å². The number of para-hydroxylation sites is 1. The van der Waals surface area contributed by atoms with Crippen LogP contribution in [0.4, 0.5) is 0 Å². The minimum absolute atomic E-state index is 0.0887. The van der Waals surface area contributed by atoms with Gasteiger partial charge >= 0.3 is 0 Å². The van der Waals surface area contributed by atoms with Crippen molar-refractivity contribution < 1.29 is 4.79 Å². The van der Waals surface area contributed by atoms with Crippen LogP contribution in [0, 0.1) is 0 Å². The normalized spacial score (nSPS) is 12.5. The van der Waals surface area contributed by atoms with Gasteiger partial charge in [-0.25, -0.2) is 4.98 Å². The van der Waals surface area contributed by atoms with Gasteiger partial charge in [-0.15, -0.1) is 11.3 Å². The molecular weight excluding hydrogens is 282 g/mol.